The van der Waals surface area contributed by atoms with Crippen LogP contribution < -0.4 is 10.9 Å². The van der Waals surface area contributed by atoms with Crippen LogP contribution in [0.1, 0.15) is 65.2 Å². The molecule has 0 atom stereocenters. The van der Waals surface area contributed by atoms with E-state index in [0.29, 0.717) is 5.75 Å². The molecule has 0 unspecified atom stereocenters. The summed E-state index contributed by atoms with van der Waals surface area (Å²) in [5.41, 5.74) is 9.96. The highest BCUT2D eigenvalue weighted by molar-refractivity contribution is 6.89. The van der Waals surface area contributed by atoms with Gasteiger partial charge in [0.1, 0.15) is 5.75 Å². The molecule has 0 heterocycles. The number of carboxylic acids is 1. The average Bonchev–Trinajstić information content (AvgIpc) is 2.58. The van der Waals surface area contributed by atoms with E-state index < -0.39 is 14.0 Å². The van der Waals surface area contributed by atoms with E-state index in [2.05, 4.69) is 78.9 Å². The Kier molecular flexibility index (Phi) is 8.55. The average molecular weight is 444 g/mol. The van der Waals surface area contributed by atoms with Crippen molar-refractivity contribution < 1.29 is 15.0 Å². The minimum absolute atomic E-state index is 0.0794. The number of aromatic hydroxyl groups is 1. The fraction of sp³-hybridized carbons (Fsp3) is 0.500. The molecule has 0 saturated carbocycles. The number of carbonyl (C=O) groups is 1. The Morgan fingerprint density at radius 2 is 1.32 bits per heavy atom. The number of phenolic OH excluding ortho intramolecular Hbond substituents is 1. The van der Waals surface area contributed by atoms with Crippen molar-refractivity contribution in [3.8, 4) is 5.75 Å². The second-order valence-corrected chi connectivity index (χ2v) is 15.9. The number of carboxylic acid groups (broad SMARTS) is 1. The summed E-state index contributed by atoms with van der Waals surface area (Å²) in [5, 5.41) is 19.8. The standard InChI is InChI=1S/C24H37NOSi.C2H4O2/c1-23(2,3)20-15-17(16-21(22(20)26)24(4,5)6)13-14-27(7,8)19-11-9-18(25)10-12-19;1-2(3)4/h9-12,15-16,26H,13-14,25H2,1-8H3;1H3,(H,3,4). The first-order valence-electron chi connectivity index (χ1n) is 10.9. The van der Waals surface area contributed by atoms with E-state index in [-0.39, 0.29) is 10.8 Å². The van der Waals surface area contributed by atoms with Crippen LogP contribution in [0.3, 0.4) is 0 Å². The quantitative estimate of drug-likeness (QED) is 0.411. The lowest BCUT2D eigenvalue weighted by molar-refractivity contribution is -0.134. The van der Waals surface area contributed by atoms with Crippen LogP contribution in [-0.4, -0.2) is 24.3 Å². The highest BCUT2D eigenvalue weighted by Gasteiger charge is 2.28. The molecule has 0 saturated heterocycles. The molecular weight excluding hydrogens is 402 g/mol. The summed E-state index contributed by atoms with van der Waals surface area (Å²) in [6.07, 6.45) is 1.04. The lowest BCUT2D eigenvalue weighted by Gasteiger charge is -2.29. The van der Waals surface area contributed by atoms with Gasteiger partial charge in [-0.2, -0.15) is 0 Å². The molecule has 0 aliphatic carbocycles. The number of anilines is 1. The molecular formula is C26H41NO3Si. The zero-order chi connectivity index (χ0) is 24.2. The van der Waals surface area contributed by atoms with Gasteiger partial charge in [0, 0.05) is 12.6 Å². The third kappa shape index (κ3) is 8.06. The Balaban J connectivity index is 0.00000110. The van der Waals surface area contributed by atoms with Crippen LogP contribution in [0.2, 0.25) is 19.1 Å². The molecule has 0 aliphatic heterocycles. The van der Waals surface area contributed by atoms with Gasteiger partial charge in [0.05, 0.1) is 8.07 Å². The number of phenols is 1. The number of benzene rings is 2. The molecule has 0 fully saturated rings. The molecule has 4 N–H and O–H groups in total. The van der Waals surface area contributed by atoms with Crippen molar-refractivity contribution in [2.45, 2.75) is 84.9 Å². The van der Waals surface area contributed by atoms with Gasteiger partial charge in [0.15, 0.2) is 0 Å². The minimum Gasteiger partial charge on any atom is -0.507 e. The fourth-order valence-electron chi connectivity index (χ4n) is 3.52. The van der Waals surface area contributed by atoms with Gasteiger partial charge in [-0.1, -0.05) is 84.1 Å². The molecule has 0 spiro atoms. The number of rotatable bonds is 4. The van der Waals surface area contributed by atoms with E-state index in [9.17, 15) is 5.11 Å². The number of hydrogen-bond donors (Lipinski definition) is 3. The van der Waals surface area contributed by atoms with E-state index in [0.717, 1.165) is 30.2 Å². The van der Waals surface area contributed by atoms with Gasteiger partial charge in [-0.3, -0.25) is 4.79 Å². The summed E-state index contributed by atoms with van der Waals surface area (Å²) in [7, 11) is -1.54. The van der Waals surface area contributed by atoms with Crippen molar-refractivity contribution in [3.05, 3.63) is 53.1 Å². The Labute approximate surface area is 189 Å². The normalized spacial score (nSPS) is 12.2. The van der Waals surface area contributed by atoms with Gasteiger partial charge in [-0.15, -0.1) is 0 Å². The van der Waals surface area contributed by atoms with E-state index >= 15 is 0 Å². The van der Waals surface area contributed by atoms with Gasteiger partial charge in [0.2, 0.25) is 0 Å². The summed E-state index contributed by atoms with van der Waals surface area (Å²) in [6.45, 7) is 19.0. The van der Waals surface area contributed by atoms with Crippen molar-refractivity contribution in [3.63, 3.8) is 0 Å². The van der Waals surface area contributed by atoms with Crippen LogP contribution in [0, 0.1) is 0 Å². The third-order valence-electron chi connectivity index (χ3n) is 5.52. The van der Waals surface area contributed by atoms with Crippen LogP contribution in [0.5, 0.6) is 5.75 Å². The maximum atomic E-state index is 10.9. The predicted molar refractivity (Wildman–Crippen MR) is 135 cm³/mol. The zero-order valence-electron chi connectivity index (χ0n) is 20.8. The number of hydrogen-bond acceptors (Lipinski definition) is 3. The van der Waals surface area contributed by atoms with Gasteiger partial charge in [-0.25, -0.2) is 0 Å². The molecule has 31 heavy (non-hydrogen) atoms. The van der Waals surface area contributed by atoms with Crippen LogP contribution >= 0.6 is 0 Å². The van der Waals surface area contributed by atoms with Gasteiger partial charge >= 0.3 is 0 Å². The Hall–Kier alpha value is -2.27. The SMILES string of the molecule is CC(=O)O.CC(C)(C)c1cc(CC[Si](C)(C)c2ccc(N)cc2)cc(C(C)(C)C)c1O. The van der Waals surface area contributed by atoms with Gasteiger partial charge in [0.25, 0.3) is 5.97 Å². The van der Waals surface area contributed by atoms with Crippen molar-refractivity contribution >= 4 is 24.9 Å². The van der Waals surface area contributed by atoms with E-state index in [1.54, 1.807) is 0 Å². The molecule has 2 rings (SSSR count). The first-order valence-corrected chi connectivity index (χ1v) is 14.1. The molecule has 0 aromatic heterocycles. The topological polar surface area (TPSA) is 83.5 Å². The zero-order valence-corrected chi connectivity index (χ0v) is 21.8. The molecule has 2 aromatic carbocycles. The maximum Gasteiger partial charge on any atom is 0.300 e. The number of aliphatic carboxylic acids is 1. The maximum absolute atomic E-state index is 10.9. The second-order valence-electron chi connectivity index (χ2n) is 11.1. The van der Waals surface area contributed by atoms with Crippen molar-refractivity contribution in [2.24, 2.45) is 0 Å². The van der Waals surface area contributed by atoms with Crippen LogP contribution in [0.4, 0.5) is 5.69 Å². The Morgan fingerprint density at radius 1 is 0.935 bits per heavy atom. The second kappa shape index (κ2) is 9.90. The molecule has 172 valence electrons. The summed E-state index contributed by atoms with van der Waals surface area (Å²) < 4.78 is 0. The summed E-state index contributed by atoms with van der Waals surface area (Å²) in [4.78, 5) is 9.00. The lowest BCUT2D eigenvalue weighted by Crippen LogP contribution is -2.41. The third-order valence-corrected chi connectivity index (χ3v) is 8.91. The smallest absolute Gasteiger partial charge is 0.300 e. The molecule has 0 amide bonds. The lowest BCUT2D eigenvalue weighted by atomic mass is 9.78. The molecule has 4 nitrogen and oxygen atoms in total. The van der Waals surface area contributed by atoms with Crippen molar-refractivity contribution in [1.29, 1.82) is 0 Å². The summed E-state index contributed by atoms with van der Waals surface area (Å²) in [5.74, 6) is -0.367. The van der Waals surface area contributed by atoms with E-state index in [4.69, 9.17) is 15.6 Å². The van der Waals surface area contributed by atoms with Gasteiger partial charge in [-0.05, 0) is 52.1 Å². The summed E-state index contributed by atoms with van der Waals surface area (Å²) in [6, 6.07) is 14.0. The Morgan fingerprint density at radius 3 is 1.68 bits per heavy atom. The monoisotopic (exact) mass is 443 g/mol. The first kappa shape index (κ1) is 26.8. The van der Waals surface area contributed by atoms with Crippen molar-refractivity contribution in [1.82, 2.24) is 0 Å². The molecule has 0 aliphatic rings. The minimum atomic E-state index is -1.54. The highest BCUT2D eigenvalue weighted by Crippen LogP contribution is 2.40. The Bertz CT molecular complexity index is 849. The van der Waals surface area contributed by atoms with E-state index in [1.807, 2.05) is 12.1 Å². The van der Waals surface area contributed by atoms with Crippen LogP contribution in [0.15, 0.2) is 36.4 Å². The highest BCUT2D eigenvalue weighted by atomic mass is 28.3. The molecule has 5 heteroatoms. The fourth-order valence-corrected chi connectivity index (χ4v) is 5.79. The largest absolute Gasteiger partial charge is 0.507 e. The van der Waals surface area contributed by atoms with Crippen LogP contribution in [0.25, 0.3) is 0 Å². The van der Waals surface area contributed by atoms with Crippen LogP contribution in [-0.2, 0) is 22.0 Å². The predicted octanol–water partition coefficient (Wildman–Crippen LogP) is 5.82. The number of aryl methyl sites for hydroxylation is 1. The summed E-state index contributed by atoms with van der Waals surface area (Å²) >= 11 is 0. The van der Waals surface area contributed by atoms with E-state index in [1.165, 1.54) is 16.8 Å². The molecule has 0 bridgehead atoms. The first-order chi connectivity index (χ1) is 13.9. The number of nitrogen functional groups attached to an aromatic ring is 1. The molecule has 0 radical (unpaired) electrons. The van der Waals surface area contributed by atoms with Gasteiger partial charge < -0.3 is 15.9 Å². The number of nitrogens with two attached hydrogens (primary N) is 1. The van der Waals surface area contributed by atoms with Crippen molar-refractivity contribution in [2.75, 3.05) is 5.73 Å². The molecule has 2 aromatic rings.